The van der Waals surface area contributed by atoms with E-state index in [0.29, 0.717) is 28.4 Å². The second-order valence-electron chi connectivity index (χ2n) is 6.16. The molecule has 0 spiro atoms. The summed E-state index contributed by atoms with van der Waals surface area (Å²) < 4.78 is 0. The molecule has 2 N–H and O–H groups in total. The van der Waals surface area contributed by atoms with Gasteiger partial charge in [0.05, 0.1) is 0 Å². The fourth-order valence-corrected chi connectivity index (χ4v) is 3.03. The van der Waals surface area contributed by atoms with E-state index in [2.05, 4.69) is 20.6 Å². The van der Waals surface area contributed by atoms with Crippen molar-refractivity contribution in [3.8, 4) is 0 Å². The van der Waals surface area contributed by atoms with Crippen LogP contribution in [0.1, 0.15) is 48.2 Å². The molecule has 0 radical (unpaired) electrons. The molecular weight excluding hydrogens is 324 g/mol. The molecular formula is C18H21ClN4O. The summed E-state index contributed by atoms with van der Waals surface area (Å²) in [6.07, 6.45) is 7.61. The van der Waals surface area contributed by atoms with Gasteiger partial charge in [-0.3, -0.25) is 4.79 Å². The largest absolute Gasteiger partial charge is 0.351 e. The Kier molecular flexibility index (Phi) is 5.30. The Morgan fingerprint density at radius 3 is 2.75 bits per heavy atom. The third-order valence-electron chi connectivity index (χ3n) is 4.26. The SMILES string of the molecule is Cc1ccc(NC(=O)c2ccnc(NC3CCCCC3)n2)cc1Cl. The van der Waals surface area contributed by atoms with Crippen LogP contribution in [0, 0.1) is 6.92 Å². The van der Waals surface area contributed by atoms with Crippen LogP contribution < -0.4 is 10.6 Å². The normalized spacial score (nSPS) is 15.1. The highest BCUT2D eigenvalue weighted by Gasteiger charge is 2.15. The van der Waals surface area contributed by atoms with Crippen molar-refractivity contribution in [1.82, 2.24) is 9.97 Å². The first kappa shape index (κ1) is 16.7. The van der Waals surface area contributed by atoms with Gasteiger partial charge in [0.2, 0.25) is 5.95 Å². The zero-order chi connectivity index (χ0) is 16.9. The molecule has 1 amide bonds. The lowest BCUT2D eigenvalue weighted by atomic mass is 9.96. The molecule has 2 aromatic rings. The first-order chi connectivity index (χ1) is 11.6. The first-order valence-electron chi connectivity index (χ1n) is 8.29. The smallest absolute Gasteiger partial charge is 0.274 e. The molecule has 1 aromatic heterocycles. The highest BCUT2D eigenvalue weighted by atomic mass is 35.5. The number of aromatic nitrogens is 2. The Balaban J connectivity index is 1.68. The number of carbonyl (C=O) groups excluding carboxylic acids is 1. The van der Waals surface area contributed by atoms with E-state index in [0.717, 1.165) is 18.4 Å². The molecule has 0 atom stereocenters. The van der Waals surface area contributed by atoms with E-state index >= 15 is 0 Å². The number of hydrogen-bond acceptors (Lipinski definition) is 4. The second kappa shape index (κ2) is 7.62. The van der Waals surface area contributed by atoms with Gasteiger partial charge in [-0.1, -0.05) is 36.9 Å². The molecule has 1 fully saturated rings. The molecule has 0 bridgehead atoms. The molecule has 1 saturated carbocycles. The van der Waals surface area contributed by atoms with Gasteiger partial charge in [0, 0.05) is 22.9 Å². The fraction of sp³-hybridized carbons (Fsp3) is 0.389. The summed E-state index contributed by atoms with van der Waals surface area (Å²) in [6.45, 7) is 1.92. The lowest BCUT2D eigenvalue weighted by Gasteiger charge is -2.22. The zero-order valence-electron chi connectivity index (χ0n) is 13.7. The van der Waals surface area contributed by atoms with Crippen molar-refractivity contribution in [2.45, 2.75) is 45.1 Å². The van der Waals surface area contributed by atoms with Gasteiger partial charge in [-0.05, 0) is 43.5 Å². The van der Waals surface area contributed by atoms with Crippen molar-refractivity contribution in [2.24, 2.45) is 0 Å². The minimum atomic E-state index is -0.274. The average Bonchev–Trinajstić information content (AvgIpc) is 2.59. The van der Waals surface area contributed by atoms with Crippen molar-refractivity contribution in [3.63, 3.8) is 0 Å². The van der Waals surface area contributed by atoms with Crippen LogP contribution in [-0.2, 0) is 0 Å². The van der Waals surface area contributed by atoms with Gasteiger partial charge in [0.25, 0.3) is 5.91 Å². The molecule has 3 rings (SSSR count). The van der Waals surface area contributed by atoms with E-state index in [1.807, 2.05) is 19.1 Å². The number of anilines is 2. The number of carbonyl (C=O) groups is 1. The third kappa shape index (κ3) is 4.23. The first-order valence-corrected chi connectivity index (χ1v) is 8.67. The predicted octanol–water partition coefficient (Wildman–Crippen LogP) is 4.44. The quantitative estimate of drug-likeness (QED) is 0.860. The van der Waals surface area contributed by atoms with Gasteiger partial charge in [-0.15, -0.1) is 0 Å². The lowest BCUT2D eigenvalue weighted by molar-refractivity contribution is 0.102. The van der Waals surface area contributed by atoms with E-state index in [-0.39, 0.29) is 5.91 Å². The van der Waals surface area contributed by atoms with Crippen molar-refractivity contribution in [3.05, 3.63) is 46.7 Å². The second-order valence-corrected chi connectivity index (χ2v) is 6.57. The van der Waals surface area contributed by atoms with Gasteiger partial charge in [0.1, 0.15) is 5.69 Å². The van der Waals surface area contributed by atoms with Gasteiger partial charge in [0.15, 0.2) is 0 Å². The molecule has 1 aliphatic rings. The zero-order valence-corrected chi connectivity index (χ0v) is 14.4. The van der Waals surface area contributed by atoms with E-state index in [1.165, 1.54) is 19.3 Å². The number of halogens is 1. The van der Waals surface area contributed by atoms with Crippen LogP contribution >= 0.6 is 11.6 Å². The maximum atomic E-state index is 12.4. The standard InChI is InChI=1S/C18H21ClN4O/c1-12-7-8-14(11-15(12)19)21-17(24)16-9-10-20-18(23-16)22-13-5-3-2-4-6-13/h7-11,13H,2-6H2,1H3,(H,21,24)(H,20,22,23). The molecule has 0 saturated heterocycles. The molecule has 1 aliphatic carbocycles. The lowest BCUT2D eigenvalue weighted by Crippen LogP contribution is -2.24. The van der Waals surface area contributed by atoms with Crippen molar-refractivity contribution >= 4 is 29.1 Å². The molecule has 1 heterocycles. The van der Waals surface area contributed by atoms with Crippen LogP contribution in [-0.4, -0.2) is 21.9 Å². The minimum absolute atomic E-state index is 0.274. The highest BCUT2D eigenvalue weighted by Crippen LogP contribution is 2.21. The van der Waals surface area contributed by atoms with Crippen LogP contribution in [0.4, 0.5) is 11.6 Å². The summed E-state index contributed by atoms with van der Waals surface area (Å²) in [5, 5.41) is 6.77. The molecule has 1 aromatic carbocycles. The van der Waals surface area contributed by atoms with Crippen LogP contribution in [0.25, 0.3) is 0 Å². The molecule has 5 nitrogen and oxygen atoms in total. The number of nitrogens with zero attached hydrogens (tertiary/aromatic N) is 2. The fourth-order valence-electron chi connectivity index (χ4n) is 2.85. The van der Waals surface area contributed by atoms with Gasteiger partial charge >= 0.3 is 0 Å². The van der Waals surface area contributed by atoms with E-state index < -0.39 is 0 Å². The number of hydrogen-bond donors (Lipinski definition) is 2. The summed E-state index contributed by atoms with van der Waals surface area (Å²) in [5.74, 6) is 0.237. The minimum Gasteiger partial charge on any atom is -0.351 e. The molecule has 0 aliphatic heterocycles. The van der Waals surface area contributed by atoms with Gasteiger partial charge in [-0.2, -0.15) is 0 Å². The number of benzene rings is 1. The molecule has 6 heteroatoms. The summed E-state index contributed by atoms with van der Waals surface area (Å²) in [7, 11) is 0. The van der Waals surface area contributed by atoms with Crippen LogP contribution in [0.15, 0.2) is 30.5 Å². The van der Waals surface area contributed by atoms with Crippen molar-refractivity contribution < 1.29 is 4.79 Å². The molecule has 0 unspecified atom stereocenters. The Morgan fingerprint density at radius 1 is 1.21 bits per heavy atom. The van der Waals surface area contributed by atoms with Crippen molar-refractivity contribution in [1.29, 1.82) is 0 Å². The van der Waals surface area contributed by atoms with Crippen LogP contribution in [0.3, 0.4) is 0 Å². The predicted molar refractivity (Wildman–Crippen MR) is 96.7 cm³/mol. The van der Waals surface area contributed by atoms with Crippen LogP contribution in [0.2, 0.25) is 5.02 Å². The van der Waals surface area contributed by atoms with Gasteiger partial charge in [-0.25, -0.2) is 9.97 Å². The number of aryl methyl sites for hydroxylation is 1. The Morgan fingerprint density at radius 2 is 2.00 bits per heavy atom. The maximum Gasteiger partial charge on any atom is 0.274 e. The maximum absolute atomic E-state index is 12.4. The number of nitrogens with one attached hydrogen (secondary N) is 2. The Hall–Kier alpha value is -2.14. The number of rotatable bonds is 4. The van der Waals surface area contributed by atoms with E-state index in [9.17, 15) is 4.79 Å². The average molecular weight is 345 g/mol. The van der Waals surface area contributed by atoms with Gasteiger partial charge < -0.3 is 10.6 Å². The molecule has 24 heavy (non-hydrogen) atoms. The molecule has 126 valence electrons. The third-order valence-corrected chi connectivity index (χ3v) is 4.66. The summed E-state index contributed by atoms with van der Waals surface area (Å²) in [6, 6.07) is 7.43. The van der Waals surface area contributed by atoms with E-state index in [4.69, 9.17) is 11.6 Å². The highest BCUT2D eigenvalue weighted by molar-refractivity contribution is 6.31. The monoisotopic (exact) mass is 344 g/mol. The summed E-state index contributed by atoms with van der Waals surface area (Å²) in [4.78, 5) is 20.9. The summed E-state index contributed by atoms with van der Waals surface area (Å²) >= 11 is 6.09. The summed E-state index contributed by atoms with van der Waals surface area (Å²) in [5.41, 5.74) is 1.95. The van der Waals surface area contributed by atoms with Crippen molar-refractivity contribution in [2.75, 3.05) is 10.6 Å². The Labute approximate surface area is 146 Å². The number of amides is 1. The topological polar surface area (TPSA) is 66.9 Å². The van der Waals surface area contributed by atoms with E-state index in [1.54, 1.807) is 18.3 Å². The van der Waals surface area contributed by atoms with Crippen LogP contribution in [0.5, 0.6) is 0 Å². The Bertz CT molecular complexity index is 729.